The van der Waals surface area contributed by atoms with Crippen molar-refractivity contribution in [3.05, 3.63) is 47.6 Å². The molecule has 1 fully saturated rings. The number of furan rings is 1. The van der Waals surface area contributed by atoms with Crippen LogP contribution in [-0.2, 0) is 14.3 Å². The first-order chi connectivity index (χ1) is 11.1. The average Bonchev–Trinajstić information content (AvgIpc) is 3.15. The van der Waals surface area contributed by atoms with Gasteiger partial charge in [-0.1, -0.05) is 12.2 Å². The van der Waals surface area contributed by atoms with Gasteiger partial charge in [-0.25, -0.2) is 4.79 Å². The number of Topliss-reactive ketones (excluding diaryl/α,β-unsaturated/α-hetero) is 1. The number of esters is 1. The Morgan fingerprint density at radius 3 is 3.04 bits per heavy atom. The van der Waals surface area contributed by atoms with Gasteiger partial charge in [0.2, 0.25) is 0 Å². The first-order valence-electron chi connectivity index (χ1n) is 7.93. The molecule has 1 aromatic rings. The number of ketones is 1. The second-order valence-corrected chi connectivity index (χ2v) is 6.07. The van der Waals surface area contributed by atoms with E-state index in [0.29, 0.717) is 12.1 Å². The van der Waals surface area contributed by atoms with Gasteiger partial charge in [-0.05, 0) is 38.0 Å². The lowest BCUT2D eigenvalue weighted by Crippen LogP contribution is -2.40. The lowest BCUT2D eigenvalue weighted by atomic mass is 9.75. The van der Waals surface area contributed by atoms with Crippen LogP contribution < -0.4 is 5.32 Å². The van der Waals surface area contributed by atoms with Crippen molar-refractivity contribution in [3.63, 3.8) is 0 Å². The number of carbonyl (C=O) groups excluding carboxylic acids is 2. The number of allylic oxidation sites excluding steroid dienone is 1. The van der Waals surface area contributed by atoms with Crippen molar-refractivity contribution in [2.45, 2.75) is 38.6 Å². The van der Waals surface area contributed by atoms with Crippen molar-refractivity contribution >= 4 is 11.8 Å². The maximum absolute atomic E-state index is 12.5. The van der Waals surface area contributed by atoms with Gasteiger partial charge in [0.15, 0.2) is 0 Å². The van der Waals surface area contributed by atoms with Crippen molar-refractivity contribution in [1.29, 1.82) is 0 Å². The second kappa shape index (κ2) is 6.44. The van der Waals surface area contributed by atoms with Crippen LogP contribution >= 0.6 is 0 Å². The molecule has 5 heteroatoms. The van der Waals surface area contributed by atoms with Crippen molar-refractivity contribution in [1.82, 2.24) is 5.32 Å². The normalized spacial score (nSPS) is 27.2. The molecule has 3 rings (SSSR count). The Labute approximate surface area is 135 Å². The molecule has 0 radical (unpaired) electrons. The summed E-state index contributed by atoms with van der Waals surface area (Å²) in [6, 6.07) is 3.68. The minimum Gasteiger partial charge on any atom is -0.469 e. The minimum absolute atomic E-state index is 0.0596. The summed E-state index contributed by atoms with van der Waals surface area (Å²) in [5.74, 6) is 0.435. The lowest BCUT2D eigenvalue weighted by molar-refractivity contribution is -0.138. The third-order valence-electron chi connectivity index (χ3n) is 4.62. The molecule has 2 aliphatic rings. The third-order valence-corrected chi connectivity index (χ3v) is 4.62. The van der Waals surface area contributed by atoms with Crippen LogP contribution in [0.2, 0.25) is 0 Å². The summed E-state index contributed by atoms with van der Waals surface area (Å²) in [5.41, 5.74) is 1.24. The van der Waals surface area contributed by atoms with Gasteiger partial charge in [-0.15, -0.1) is 0 Å². The largest absolute Gasteiger partial charge is 0.469 e. The fourth-order valence-electron chi connectivity index (χ4n) is 3.51. The van der Waals surface area contributed by atoms with E-state index in [-0.39, 0.29) is 30.3 Å². The molecule has 0 saturated heterocycles. The molecular formula is C18H21NO4. The van der Waals surface area contributed by atoms with Crippen molar-refractivity contribution < 1.29 is 18.7 Å². The Balaban J connectivity index is 1.73. The van der Waals surface area contributed by atoms with Gasteiger partial charge >= 0.3 is 5.97 Å². The lowest BCUT2D eigenvalue weighted by Gasteiger charge is -2.30. The van der Waals surface area contributed by atoms with E-state index in [2.05, 4.69) is 5.32 Å². The molecule has 1 aliphatic carbocycles. The molecule has 3 unspecified atom stereocenters. The Bertz CT molecular complexity index is 657. The van der Waals surface area contributed by atoms with E-state index in [4.69, 9.17) is 9.15 Å². The molecule has 1 N–H and O–H groups in total. The molecule has 1 saturated carbocycles. The number of hydrogen-bond acceptors (Lipinski definition) is 5. The Hall–Kier alpha value is -2.30. The number of ether oxygens (including phenoxy) is 1. The molecule has 0 bridgehead atoms. The standard InChI is InChI=1S/C18H21NO4/c1-3-4-7-23-18(21)17-11(2)16-13(19-17)9-12(10-14(16)20)15-6-5-8-22-15/h3-6,8,12-13,16,19H,7,9-10H2,1-2H3/b4-3+. The van der Waals surface area contributed by atoms with Crippen LogP contribution in [0.1, 0.15) is 38.4 Å². The molecule has 0 aromatic carbocycles. The number of hydrogen-bond donors (Lipinski definition) is 1. The van der Waals surface area contributed by atoms with Gasteiger partial charge in [0.25, 0.3) is 0 Å². The second-order valence-electron chi connectivity index (χ2n) is 6.07. The SMILES string of the molecule is C/C=C/COC(=O)C1=C(C)C2C(=O)CC(c3ccco3)CC2N1. The summed E-state index contributed by atoms with van der Waals surface area (Å²) < 4.78 is 10.6. The summed E-state index contributed by atoms with van der Waals surface area (Å²) in [7, 11) is 0. The smallest absolute Gasteiger partial charge is 0.354 e. The van der Waals surface area contributed by atoms with Crippen LogP contribution in [0.3, 0.4) is 0 Å². The van der Waals surface area contributed by atoms with E-state index in [1.165, 1.54) is 0 Å². The highest BCUT2D eigenvalue weighted by molar-refractivity contribution is 5.94. The zero-order valence-corrected chi connectivity index (χ0v) is 13.4. The quantitative estimate of drug-likeness (QED) is 0.683. The fourth-order valence-corrected chi connectivity index (χ4v) is 3.51. The van der Waals surface area contributed by atoms with Crippen molar-refractivity contribution in [3.8, 4) is 0 Å². The highest BCUT2D eigenvalue weighted by Crippen LogP contribution is 2.41. The van der Waals surface area contributed by atoms with Gasteiger partial charge in [0.1, 0.15) is 23.8 Å². The first-order valence-corrected chi connectivity index (χ1v) is 7.93. The van der Waals surface area contributed by atoms with E-state index in [9.17, 15) is 9.59 Å². The van der Waals surface area contributed by atoms with Gasteiger partial charge in [-0.3, -0.25) is 4.79 Å². The van der Waals surface area contributed by atoms with E-state index >= 15 is 0 Å². The van der Waals surface area contributed by atoms with E-state index < -0.39 is 5.97 Å². The van der Waals surface area contributed by atoms with Crippen LogP contribution in [0.5, 0.6) is 0 Å². The molecule has 0 amide bonds. The summed E-state index contributed by atoms with van der Waals surface area (Å²) >= 11 is 0. The van der Waals surface area contributed by atoms with Crippen molar-refractivity contribution in [2.75, 3.05) is 6.61 Å². The van der Waals surface area contributed by atoms with Gasteiger partial charge in [0.05, 0.1) is 12.2 Å². The Morgan fingerprint density at radius 1 is 1.52 bits per heavy atom. The van der Waals surface area contributed by atoms with E-state index in [0.717, 1.165) is 17.8 Å². The van der Waals surface area contributed by atoms with E-state index in [1.54, 1.807) is 12.3 Å². The number of rotatable bonds is 4. The van der Waals surface area contributed by atoms with Gasteiger partial charge in [0, 0.05) is 18.4 Å². The third kappa shape index (κ3) is 2.96. The maximum atomic E-state index is 12.5. The monoisotopic (exact) mass is 315 g/mol. The predicted molar refractivity (Wildman–Crippen MR) is 84.6 cm³/mol. The van der Waals surface area contributed by atoms with E-state index in [1.807, 2.05) is 32.1 Å². The van der Waals surface area contributed by atoms with Crippen LogP contribution in [0.4, 0.5) is 0 Å². The maximum Gasteiger partial charge on any atom is 0.354 e. The molecule has 5 nitrogen and oxygen atoms in total. The summed E-state index contributed by atoms with van der Waals surface area (Å²) in [6.07, 6.45) is 6.45. The van der Waals surface area contributed by atoms with Gasteiger partial charge in [-0.2, -0.15) is 0 Å². The fraction of sp³-hybridized carbons (Fsp3) is 0.444. The zero-order valence-electron chi connectivity index (χ0n) is 13.4. The molecular weight excluding hydrogens is 294 g/mol. The zero-order chi connectivity index (χ0) is 16.4. The molecule has 1 aromatic heterocycles. The topological polar surface area (TPSA) is 68.5 Å². The molecule has 122 valence electrons. The summed E-state index contributed by atoms with van der Waals surface area (Å²) in [6.45, 7) is 3.95. The highest BCUT2D eigenvalue weighted by atomic mass is 16.5. The molecule has 23 heavy (non-hydrogen) atoms. The average molecular weight is 315 g/mol. The van der Waals surface area contributed by atoms with Crippen molar-refractivity contribution in [2.24, 2.45) is 5.92 Å². The molecule has 0 spiro atoms. The summed E-state index contributed by atoms with van der Waals surface area (Å²) in [4.78, 5) is 24.7. The first kappa shape index (κ1) is 15.6. The number of carbonyl (C=O) groups is 2. The molecule has 2 heterocycles. The molecule has 1 aliphatic heterocycles. The van der Waals surface area contributed by atoms with Crippen LogP contribution in [-0.4, -0.2) is 24.4 Å². The predicted octanol–water partition coefficient (Wildman–Crippen LogP) is 2.71. The molecule has 3 atom stereocenters. The van der Waals surface area contributed by atoms with Crippen LogP contribution in [0, 0.1) is 5.92 Å². The number of fused-ring (bicyclic) bond motifs is 1. The highest BCUT2D eigenvalue weighted by Gasteiger charge is 2.45. The Kier molecular flexibility index (Phi) is 4.37. The van der Waals surface area contributed by atoms with Crippen LogP contribution in [0.25, 0.3) is 0 Å². The number of nitrogens with one attached hydrogen (secondary N) is 1. The minimum atomic E-state index is -0.391. The Morgan fingerprint density at radius 2 is 2.35 bits per heavy atom. The summed E-state index contributed by atoms with van der Waals surface area (Å²) in [5, 5.41) is 3.21. The van der Waals surface area contributed by atoms with Gasteiger partial charge < -0.3 is 14.5 Å². The van der Waals surface area contributed by atoms with Crippen LogP contribution in [0.15, 0.2) is 46.2 Å².